The molecule has 1 saturated carbocycles. The summed E-state index contributed by atoms with van der Waals surface area (Å²) in [6, 6.07) is 3.62. The highest BCUT2D eigenvalue weighted by Crippen LogP contribution is 2.44. The van der Waals surface area contributed by atoms with Crippen molar-refractivity contribution >= 4 is 0 Å². The van der Waals surface area contributed by atoms with Crippen LogP contribution in [0, 0.1) is 0 Å². The van der Waals surface area contributed by atoms with Crippen LogP contribution in [0.5, 0.6) is 11.5 Å². The van der Waals surface area contributed by atoms with E-state index in [0.29, 0.717) is 5.56 Å². The van der Waals surface area contributed by atoms with Gasteiger partial charge in [-0.05, 0) is 36.0 Å². The molecule has 0 aromatic heterocycles. The molecule has 1 fully saturated rings. The summed E-state index contributed by atoms with van der Waals surface area (Å²) in [6.07, 6.45) is 5.10. The highest BCUT2D eigenvalue weighted by atomic mass is 16.3. The highest BCUT2D eigenvalue weighted by molar-refractivity contribution is 5.52. The van der Waals surface area contributed by atoms with E-state index in [1.54, 1.807) is 6.07 Å². The molecule has 0 radical (unpaired) electrons. The Balaban J connectivity index is 2.52. The zero-order valence-corrected chi connectivity index (χ0v) is 12.2. The van der Waals surface area contributed by atoms with Crippen molar-refractivity contribution < 1.29 is 10.2 Å². The summed E-state index contributed by atoms with van der Waals surface area (Å²) in [5.41, 5.74) is 7.63. The molecule has 0 spiro atoms. The SMILES string of the molecule is CC(C)(C)c1cc(O)c(O)c(C2(N)CCCCC2)c1. The minimum absolute atomic E-state index is 0.0441. The molecular formula is C16H25NO2. The van der Waals surface area contributed by atoms with Gasteiger partial charge in [0.15, 0.2) is 11.5 Å². The molecule has 0 atom stereocenters. The molecule has 4 N–H and O–H groups in total. The molecule has 106 valence electrons. The minimum atomic E-state index is -0.499. The molecule has 0 bridgehead atoms. The third-order valence-corrected chi connectivity index (χ3v) is 4.24. The average molecular weight is 263 g/mol. The molecule has 0 amide bonds. The van der Waals surface area contributed by atoms with Crippen molar-refractivity contribution in [2.45, 2.75) is 63.8 Å². The first-order valence-corrected chi connectivity index (χ1v) is 7.10. The molecule has 19 heavy (non-hydrogen) atoms. The topological polar surface area (TPSA) is 66.5 Å². The van der Waals surface area contributed by atoms with Gasteiger partial charge in [-0.3, -0.25) is 0 Å². The van der Waals surface area contributed by atoms with Gasteiger partial charge in [-0.25, -0.2) is 0 Å². The number of phenols is 2. The van der Waals surface area contributed by atoms with E-state index < -0.39 is 5.54 Å². The lowest BCUT2D eigenvalue weighted by Crippen LogP contribution is -2.39. The second-order valence-electron chi connectivity index (χ2n) is 6.86. The molecular weight excluding hydrogens is 238 g/mol. The normalized spacial score (nSPS) is 19.4. The maximum atomic E-state index is 10.2. The van der Waals surface area contributed by atoms with Gasteiger partial charge in [0, 0.05) is 11.1 Å². The van der Waals surface area contributed by atoms with Crippen LogP contribution in [0.1, 0.15) is 64.0 Å². The van der Waals surface area contributed by atoms with Crippen LogP contribution in [0.25, 0.3) is 0 Å². The fraction of sp³-hybridized carbons (Fsp3) is 0.625. The molecule has 0 saturated heterocycles. The van der Waals surface area contributed by atoms with Gasteiger partial charge in [0.2, 0.25) is 0 Å². The van der Waals surface area contributed by atoms with E-state index in [9.17, 15) is 10.2 Å². The molecule has 0 aliphatic heterocycles. The second-order valence-corrected chi connectivity index (χ2v) is 6.86. The van der Waals surface area contributed by atoms with E-state index in [-0.39, 0.29) is 16.9 Å². The highest BCUT2D eigenvalue weighted by Gasteiger charge is 2.34. The summed E-state index contributed by atoms with van der Waals surface area (Å²) < 4.78 is 0. The smallest absolute Gasteiger partial charge is 0.162 e. The molecule has 1 aliphatic carbocycles. The van der Waals surface area contributed by atoms with Gasteiger partial charge in [-0.1, -0.05) is 40.0 Å². The third-order valence-electron chi connectivity index (χ3n) is 4.24. The zero-order valence-electron chi connectivity index (χ0n) is 12.2. The van der Waals surface area contributed by atoms with Gasteiger partial charge in [0.05, 0.1) is 0 Å². The maximum absolute atomic E-state index is 10.2. The molecule has 3 heteroatoms. The van der Waals surface area contributed by atoms with E-state index in [1.165, 1.54) is 6.42 Å². The van der Waals surface area contributed by atoms with E-state index in [4.69, 9.17) is 5.73 Å². The Morgan fingerprint density at radius 1 is 1.05 bits per heavy atom. The Bertz CT molecular complexity index is 468. The van der Waals surface area contributed by atoms with E-state index in [0.717, 1.165) is 31.2 Å². The Labute approximate surface area is 115 Å². The second kappa shape index (κ2) is 4.71. The van der Waals surface area contributed by atoms with Crippen molar-refractivity contribution in [1.29, 1.82) is 0 Å². The van der Waals surface area contributed by atoms with Gasteiger partial charge in [0.1, 0.15) is 0 Å². The first kappa shape index (κ1) is 14.2. The van der Waals surface area contributed by atoms with Crippen LogP contribution in [0.2, 0.25) is 0 Å². The Morgan fingerprint density at radius 3 is 2.16 bits per heavy atom. The minimum Gasteiger partial charge on any atom is -0.504 e. The lowest BCUT2D eigenvalue weighted by atomic mass is 9.75. The Kier molecular flexibility index (Phi) is 3.52. The van der Waals surface area contributed by atoms with Crippen LogP contribution in [0.4, 0.5) is 0 Å². The van der Waals surface area contributed by atoms with Gasteiger partial charge >= 0.3 is 0 Å². The van der Waals surface area contributed by atoms with Gasteiger partial charge in [0.25, 0.3) is 0 Å². The molecule has 1 aromatic rings. The molecule has 1 aromatic carbocycles. The summed E-state index contributed by atoms with van der Waals surface area (Å²) in [7, 11) is 0. The van der Waals surface area contributed by atoms with Crippen molar-refractivity contribution in [1.82, 2.24) is 0 Å². The Hall–Kier alpha value is -1.22. The van der Waals surface area contributed by atoms with Crippen molar-refractivity contribution in [2.24, 2.45) is 5.73 Å². The number of hydrogen-bond acceptors (Lipinski definition) is 3. The van der Waals surface area contributed by atoms with Crippen LogP contribution < -0.4 is 5.73 Å². The quantitative estimate of drug-likeness (QED) is 0.679. The van der Waals surface area contributed by atoms with E-state index in [1.807, 2.05) is 6.07 Å². The van der Waals surface area contributed by atoms with Gasteiger partial charge in [-0.2, -0.15) is 0 Å². The lowest BCUT2D eigenvalue weighted by molar-refractivity contribution is 0.287. The predicted octanol–water partition coefficient (Wildman–Crippen LogP) is 3.51. The monoisotopic (exact) mass is 263 g/mol. The predicted molar refractivity (Wildman–Crippen MR) is 77.4 cm³/mol. The number of hydrogen-bond donors (Lipinski definition) is 3. The maximum Gasteiger partial charge on any atom is 0.162 e. The van der Waals surface area contributed by atoms with E-state index >= 15 is 0 Å². The van der Waals surface area contributed by atoms with Crippen LogP contribution in [-0.4, -0.2) is 10.2 Å². The molecule has 0 heterocycles. The molecule has 1 aliphatic rings. The standard InChI is InChI=1S/C16H25NO2/c1-15(2,3)11-9-12(14(19)13(18)10-11)16(17)7-5-4-6-8-16/h9-10,18-19H,4-8,17H2,1-3H3. The fourth-order valence-corrected chi connectivity index (χ4v) is 2.88. The van der Waals surface area contributed by atoms with Gasteiger partial charge < -0.3 is 15.9 Å². The van der Waals surface area contributed by atoms with Crippen LogP contribution in [-0.2, 0) is 11.0 Å². The number of benzene rings is 1. The first-order chi connectivity index (χ1) is 8.74. The van der Waals surface area contributed by atoms with Crippen molar-refractivity contribution in [3.63, 3.8) is 0 Å². The fourth-order valence-electron chi connectivity index (χ4n) is 2.88. The largest absolute Gasteiger partial charge is 0.504 e. The number of nitrogens with two attached hydrogens (primary N) is 1. The first-order valence-electron chi connectivity index (χ1n) is 7.10. The van der Waals surface area contributed by atoms with E-state index in [2.05, 4.69) is 20.8 Å². The lowest BCUT2D eigenvalue weighted by Gasteiger charge is -2.35. The summed E-state index contributed by atoms with van der Waals surface area (Å²) in [6.45, 7) is 6.27. The van der Waals surface area contributed by atoms with Crippen molar-refractivity contribution in [3.8, 4) is 11.5 Å². The molecule has 3 nitrogen and oxygen atoms in total. The van der Waals surface area contributed by atoms with Crippen molar-refractivity contribution in [3.05, 3.63) is 23.3 Å². The summed E-state index contributed by atoms with van der Waals surface area (Å²) in [5, 5.41) is 20.2. The van der Waals surface area contributed by atoms with Crippen LogP contribution in [0.15, 0.2) is 12.1 Å². The molecule has 2 rings (SSSR count). The molecule has 0 unspecified atom stereocenters. The van der Waals surface area contributed by atoms with Crippen molar-refractivity contribution in [2.75, 3.05) is 0 Å². The zero-order chi connectivity index (χ0) is 14.3. The average Bonchev–Trinajstić information content (AvgIpc) is 2.31. The summed E-state index contributed by atoms with van der Waals surface area (Å²) in [5.74, 6) is -0.102. The number of aromatic hydroxyl groups is 2. The van der Waals surface area contributed by atoms with Crippen LogP contribution >= 0.6 is 0 Å². The Morgan fingerprint density at radius 2 is 1.63 bits per heavy atom. The number of rotatable bonds is 1. The summed E-state index contributed by atoms with van der Waals surface area (Å²) >= 11 is 0. The third kappa shape index (κ3) is 2.71. The van der Waals surface area contributed by atoms with Crippen LogP contribution in [0.3, 0.4) is 0 Å². The van der Waals surface area contributed by atoms with Gasteiger partial charge in [-0.15, -0.1) is 0 Å². The number of phenolic OH excluding ortho intramolecular Hbond substituents is 2. The summed E-state index contributed by atoms with van der Waals surface area (Å²) in [4.78, 5) is 0.